The van der Waals surface area contributed by atoms with Crippen LogP contribution in [-0.2, 0) is 20.9 Å². The van der Waals surface area contributed by atoms with E-state index in [1.807, 2.05) is 30.0 Å². The van der Waals surface area contributed by atoms with E-state index in [2.05, 4.69) is 11.4 Å². The van der Waals surface area contributed by atoms with E-state index in [4.69, 9.17) is 4.74 Å². The van der Waals surface area contributed by atoms with E-state index in [0.29, 0.717) is 19.7 Å². The van der Waals surface area contributed by atoms with Crippen LogP contribution in [0.25, 0.3) is 0 Å². The molecule has 1 fully saturated rings. The normalized spacial score (nSPS) is 19.1. The Hall–Kier alpha value is -1.88. The summed E-state index contributed by atoms with van der Waals surface area (Å²) in [6.45, 7) is 6.17. The van der Waals surface area contributed by atoms with Gasteiger partial charge in [-0.1, -0.05) is 29.8 Å². The van der Waals surface area contributed by atoms with Gasteiger partial charge in [-0.25, -0.2) is 0 Å². The molecular formula is C16H22N2O3. The fraction of sp³-hybridized carbons (Fsp3) is 0.500. The van der Waals surface area contributed by atoms with Gasteiger partial charge in [0, 0.05) is 19.6 Å². The molecule has 1 aromatic carbocycles. The van der Waals surface area contributed by atoms with Crippen molar-refractivity contribution in [2.75, 3.05) is 19.7 Å². The van der Waals surface area contributed by atoms with Gasteiger partial charge >= 0.3 is 5.97 Å². The number of esters is 1. The minimum atomic E-state index is -0.446. The van der Waals surface area contributed by atoms with Crippen LogP contribution in [0, 0.1) is 6.92 Å². The van der Waals surface area contributed by atoms with Crippen LogP contribution in [-0.4, -0.2) is 42.5 Å². The van der Waals surface area contributed by atoms with Crippen molar-refractivity contribution in [1.82, 2.24) is 10.2 Å². The monoisotopic (exact) mass is 290 g/mol. The zero-order valence-corrected chi connectivity index (χ0v) is 12.6. The standard InChI is InChI=1S/C16H22N2O3/c1-3-21-15(19)10-14-16(20)17-7-8-18(14)11-13-6-4-5-12(2)9-13/h4-6,9,14H,3,7-8,10-11H2,1-2H3,(H,17,20). The third-order valence-corrected chi connectivity index (χ3v) is 3.58. The third-order valence-electron chi connectivity index (χ3n) is 3.58. The van der Waals surface area contributed by atoms with Crippen molar-refractivity contribution in [2.24, 2.45) is 0 Å². The van der Waals surface area contributed by atoms with Gasteiger partial charge in [0.1, 0.15) is 6.04 Å². The third kappa shape index (κ3) is 4.29. The minimum absolute atomic E-state index is 0.0954. The van der Waals surface area contributed by atoms with Gasteiger partial charge in [0.05, 0.1) is 13.0 Å². The van der Waals surface area contributed by atoms with Gasteiger partial charge in [-0.3, -0.25) is 14.5 Å². The van der Waals surface area contributed by atoms with E-state index in [1.54, 1.807) is 6.92 Å². The Balaban J connectivity index is 2.07. The van der Waals surface area contributed by atoms with E-state index in [-0.39, 0.29) is 18.3 Å². The number of benzene rings is 1. The van der Waals surface area contributed by atoms with Crippen LogP contribution in [0.3, 0.4) is 0 Å². The lowest BCUT2D eigenvalue weighted by Crippen LogP contribution is -2.55. The summed E-state index contributed by atoms with van der Waals surface area (Å²) in [5.41, 5.74) is 2.34. The largest absolute Gasteiger partial charge is 0.466 e. The predicted molar refractivity (Wildman–Crippen MR) is 79.6 cm³/mol. The minimum Gasteiger partial charge on any atom is -0.466 e. The summed E-state index contributed by atoms with van der Waals surface area (Å²) in [5.74, 6) is -0.421. The van der Waals surface area contributed by atoms with Gasteiger partial charge in [0.15, 0.2) is 0 Å². The molecule has 1 aliphatic rings. The predicted octanol–water partition coefficient (Wildman–Crippen LogP) is 1.25. The molecule has 114 valence electrons. The summed E-state index contributed by atoms with van der Waals surface area (Å²) in [6, 6.07) is 7.75. The summed E-state index contributed by atoms with van der Waals surface area (Å²) in [4.78, 5) is 25.8. The molecule has 1 unspecified atom stereocenters. The van der Waals surface area contributed by atoms with Crippen molar-refractivity contribution < 1.29 is 14.3 Å². The summed E-state index contributed by atoms with van der Waals surface area (Å²) in [5, 5.41) is 2.82. The summed E-state index contributed by atoms with van der Waals surface area (Å²) < 4.78 is 4.97. The van der Waals surface area contributed by atoms with Gasteiger partial charge < -0.3 is 10.1 Å². The van der Waals surface area contributed by atoms with Gasteiger partial charge in [-0.15, -0.1) is 0 Å². The van der Waals surface area contributed by atoms with Gasteiger partial charge in [0.25, 0.3) is 0 Å². The van der Waals surface area contributed by atoms with E-state index in [9.17, 15) is 9.59 Å². The number of hydrogen-bond donors (Lipinski definition) is 1. The number of amides is 1. The maximum absolute atomic E-state index is 12.0. The second-order valence-electron chi connectivity index (χ2n) is 5.28. The number of carbonyl (C=O) groups is 2. The molecule has 5 nitrogen and oxygen atoms in total. The summed E-state index contributed by atoms with van der Waals surface area (Å²) in [6.07, 6.45) is 0.103. The average molecular weight is 290 g/mol. The molecule has 1 amide bonds. The second kappa shape index (κ2) is 7.22. The Morgan fingerprint density at radius 3 is 3.00 bits per heavy atom. The molecule has 1 atom stereocenters. The number of piperazine rings is 1. The highest BCUT2D eigenvalue weighted by Gasteiger charge is 2.31. The van der Waals surface area contributed by atoms with Crippen LogP contribution < -0.4 is 5.32 Å². The van der Waals surface area contributed by atoms with Crippen molar-refractivity contribution in [2.45, 2.75) is 32.9 Å². The summed E-state index contributed by atoms with van der Waals surface area (Å²) in [7, 11) is 0. The van der Waals surface area contributed by atoms with E-state index >= 15 is 0 Å². The fourth-order valence-electron chi connectivity index (χ4n) is 2.60. The number of aryl methyl sites for hydroxylation is 1. The number of nitrogens with zero attached hydrogens (tertiary/aromatic N) is 1. The number of carbonyl (C=O) groups excluding carboxylic acids is 2. The molecule has 1 heterocycles. The molecule has 5 heteroatoms. The molecule has 2 rings (SSSR count). The Labute approximate surface area is 125 Å². The lowest BCUT2D eigenvalue weighted by atomic mass is 10.1. The van der Waals surface area contributed by atoms with Crippen molar-refractivity contribution in [3.05, 3.63) is 35.4 Å². The molecule has 0 spiro atoms. The molecule has 0 saturated carbocycles. The van der Waals surface area contributed by atoms with Crippen molar-refractivity contribution in [3.63, 3.8) is 0 Å². The highest BCUT2D eigenvalue weighted by atomic mass is 16.5. The number of ether oxygens (including phenoxy) is 1. The van der Waals surface area contributed by atoms with Crippen LogP contribution in [0.15, 0.2) is 24.3 Å². The highest BCUT2D eigenvalue weighted by Crippen LogP contribution is 2.15. The summed E-state index contributed by atoms with van der Waals surface area (Å²) >= 11 is 0. The number of hydrogen-bond acceptors (Lipinski definition) is 4. The topological polar surface area (TPSA) is 58.6 Å². The van der Waals surface area contributed by atoms with Crippen LogP contribution in [0.1, 0.15) is 24.5 Å². The first-order valence-corrected chi connectivity index (χ1v) is 7.33. The van der Waals surface area contributed by atoms with Gasteiger partial charge in [-0.05, 0) is 19.4 Å². The zero-order chi connectivity index (χ0) is 15.2. The molecular weight excluding hydrogens is 268 g/mol. The van der Waals surface area contributed by atoms with Gasteiger partial charge in [0.2, 0.25) is 5.91 Å². The van der Waals surface area contributed by atoms with Crippen molar-refractivity contribution in [1.29, 1.82) is 0 Å². The fourth-order valence-corrected chi connectivity index (χ4v) is 2.60. The maximum Gasteiger partial charge on any atom is 0.307 e. The average Bonchev–Trinajstić information content (AvgIpc) is 2.43. The Bertz CT molecular complexity index is 516. The molecule has 1 saturated heterocycles. The van der Waals surface area contributed by atoms with E-state index in [1.165, 1.54) is 5.56 Å². The number of rotatable bonds is 5. The van der Waals surface area contributed by atoms with Crippen LogP contribution in [0.2, 0.25) is 0 Å². The highest BCUT2D eigenvalue weighted by molar-refractivity contribution is 5.87. The molecule has 0 bridgehead atoms. The SMILES string of the molecule is CCOC(=O)CC1C(=O)NCCN1Cc1cccc(C)c1. The van der Waals surface area contributed by atoms with Crippen molar-refractivity contribution >= 4 is 11.9 Å². The number of nitrogens with one attached hydrogen (secondary N) is 1. The quantitative estimate of drug-likeness (QED) is 0.829. The Morgan fingerprint density at radius 1 is 1.48 bits per heavy atom. The van der Waals surface area contributed by atoms with Crippen LogP contribution >= 0.6 is 0 Å². The van der Waals surface area contributed by atoms with Gasteiger partial charge in [-0.2, -0.15) is 0 Å². The molecule has 1 aromatic rings. The smallest absolute Gasteiger partial charge is 0.307 e. The Kier molecular flexibility index (Phi) is 5.33. The first-order valence-electron chi connectivity index (χ1n) is 7.33. The lowest BCUT2D eigenvalue weighted by Gasteiger charge is -2.34. The van der Waals surface area contributed by atoms with Crippen molar-refractivity contribution in [3.8, 4) is 0 Å². The molecule has 1 aliphatic heterocycles. The molecule has 0 aliphatic carbocycles. The molecule has 0 radical (unpaired) electrons. The van der Waals surface area contributed by atoms with E-state index < -0.39 is 6.04 Å². The van der Waals surface area contributed by atoms with E-state index in [0.717, 1.165) is 12.1 Å². The molecule has 1 N–H and O–H groups in total. The first kappa shape index (κ1) is 15.5. The first-order chi connectivity index (χ1) is 10.1. The molecule has 21 heavy (non-hydrogen) atoms. The maximum atomic E-state index is 12.0. The Morgan fingerprint density at radius 2 is 2.29 bits per heavy atom. The lowest BCUT2D eigenvalue weighted by molar-refractivity contribution is -0.148. The van der Waals surface area contributed by atoms with Crippen LogP contribution in [0.5, 0.6) is 0 Å². The molecule has 0 aromatic heterocycles. The second-order valence-corrected chi connectivity index (χ2v) is 5.28. The zero-order valence-electron chi connectivity index (χ0n) is 12.6. The van der Waals surface area contributed by atoms with Crippen LogP contribution in [0.4, 0.5) is 0 Å².